The van der Waals surface area contributed by atoms with Crippen LogP contribution in [0.4, 0.5) is 5.69 Å². The van der Waals surface area contributed by atoms with Crippen molar-refractivity contribution < 1.29 is 4.79 Å². The topological polar surface area (TPSA) is 42.0 Å². The predicted molar refractivity (Wildman–Crippen MR) is 87.0 cm³/mol. The number of rotatable bonds is 3. The number of nitrogens with one attached hydrogen (secondary N) is 1. The number of carbonyl (C=O) groups excluding carboxylic acids is 1. The highest BCUT2D eigenvalue weighted by Crippen LogP contribution is 2.25. The Morgan fingerprint density at radius 2 is 1.76 bits per heavy atom. The number of aromatic nitrogens is 1. The summed E-state index contributed by atoms with van der Waals surface area (Å²) in [6, 6.07) is 16.9. The second-order valence-corrected chi connectivity index (χ2v) is 5.60. The predicted octanol–water partition coefficient (Wildman–Crippen LogP) is 4.72. The molecule has 0 atom stereocenters. The number of thiazole rings is 1. The summed E-state index contributed by atoms with van der Waals surface area (Å²) >= 11 is 7.47. The van der Waals surface area contributed by atoms with E-state index in [2.05, 4.69) is 10.3 Å². The van der Waals surface area contributed by atoms with E-state index >= 15 is 0 Å². The summed E-state index contributed by atoms with van der Waals surface area (Å²) in [7, 11) is 0. The Morgan fingerprint density at radius 1 is 1.05 bits per heavy atom. The van der Waals surface area contributed by atoms with Gasteiger partial charge in [-0.3, -0.25) is 4.79 Å². The van der Waals surface area contributed by atoms with Gasteiger partial charge >= 0.3 is 0 Å². The zero-order valence-corrected chi connectivity index (χ0v) is 12.5. The molecule has 0 aliphatic heterocycles. The van der Waals surface area contributed by atoms with Gasteiger partial charge in [-0.1, -0.05) is 54.1 Å². The molecule has 0 aliphatic carbocycles. The van der Waals surface area contributed by atoms with E-state index in [1.54, 1.807) is 17.5 Å². The fourth-order valence-electron chi connectivity index (χ4n) is 1.84. The van der Waals surface area contributed by atoms with E-state index in [0.717, 1.165) is 10.6 Å². The molecule has 1 heterocycles. The molecular weight excluding hydrogens is 304 g/mol. The van der Waals surface area contributed by atoms with Crippen LogP contribution in [0.5, 0.6) is 0 Å². The van der Waals surface area contributed by atoms with Gasteiger partial charge in [0.15, 0.2) is 0 Å². The number of hydrogen-bond acceptors (Lipinski definition) is 3. The smallest absolute Gasteiger partial charge is 0.275 e. The van der Waals surface area contributed by atoms with Crippen LogP contribution in [0, 0.1) is 0 Å². The highest BCUT2D eigenvalue weighted by Gasteiger charge is 2.13. The van der Waals surface area contributed by atoms with Crippen LogP contribution >= 0.6 is 22.9 Å². The van der Waals surface area contributed by atoms with E-state index in [9.17, 15) is 4.79 Å². The van der Waals surface area contributed by atoms with Gasteiger partial charge in [0.1, 0.15) is 10.7 Å². The number of anilines is 1. The molecule has 1 amide bonds. The Bertz CT molecular complexity index is 771. The third-order valence-corrected chi connectivity index (χ3v) is 4.10. The SMILES string of the molecule is O=C(Nc1ccccc1Cl)c1csc(-c2ccccc2)n1. The summed E-state index contributed by atoms with van der Waals surface area (Å²) in [5.41, 5.74) is 1.97. The van der Waals surface area contributed by atoms with Crippen LogP contribution in [0.2, 0.25) is 5.02 Å². The lowest BCUT2D eigenvalue weighted by Crippen LogP contribution is -2.12. The first kappa shape index (κ1) is 13.8. The number of carbonyl (C=O) groups is 1. The molecule has 0 aliphatic rings. The molecule has 0 saturated heterocycles. The maximum absolute atomic E-state index is 12.2. The summed E-state index contributed by atoms with van der Waals surface area (Å²) in [5.74, 6) is -0.262. The number of amides is 1. The molecule has 0 spiro atoms. The van der Waals surface area contributed by atoms with Crippen molar-refractivity contribution in [2.75, 3.05) is 5.32 Å². The van der Waals surface area contributed by atoms with Gasteiger partial charge in [-0.25, -0.2) is 4.98 Å². The van der Waals surface area contributed by atoms with Crippen LogP contribution in [-0.4, -0.2) is 10.9 Å². The summed E-state index contributed by atoms with van der Waals surface area (Å²) in [6.07, 6.45) is 0. The van der Waals surface area contributed by atoms with Crippen molar-refractivity contribution in [3.05, 3.63) is 70.7 Å². The number of hydrogen-bond donors (Lipinski definition) is 1. The Labute approximate surface area is 131 Å². The monoisotopic (exact) mass is 314 g/mol. The average molecular weight is 315 g/mol. The highest BCUT2D eigenvalue weighted by atomic mass is 35.5. The molecule has 1 N–H and O–H groups in total. The Morgan fingerprint density at radius 3 is 2.52 bits per heavy atom. The molecule has 0 unspecified atom stereocenters. The molecule has 21 heavy (non-hydrogen) atoms. The van der Waals surface area contributed by atoms with Crippen LogP contribution in [0.25, 0.3) is 10.6 Å². The first-order chi connectivity index (χ1) is 10.2. The van der Waals surface area contributed by atoms with Crippen molar-refractivity contribution >= 4 is 34.5 Å². The quantitative estimate of drug-likeness (QED) is 0.760. The van der Waals surface area contributed by atoms with Crippen molar-refractivity contribution in [1.29, 1.82) is 0 Å². The third-order valence-electron chi connectivity index (χ3n) is 2.88. The van der Waals surface area contributed by atoms with Gasteiger partial charge in [0.25, 0.3) is 5.91 Å². The summed E-state index contributed by atoms with van der Waals surface area (Å²) < 4.78 is 0. The fourth-order valence-corrected chi connectivity index (χ4v) is 2.83. The van der Waals surface area contributed by atoms with E-state index in [1.165, 1.54) is 11.3 Å². The van der Waals surface area contributed by atoms with Crippen LogP contribution in [0.1, 0.15) is 10.5 Å². The van der Waals surface area contributed by atoms with Crippen molar-refractivity contribution in [2.24, 2.45) is 0 Å². The normalized spacial score (nSPS) is 10.3. The lowest BCUT2D eigenvalue weighted by molar-refractivity contribution is 0.102. The largest absolute Gasteiger partial charge is 0.319 e. The second kappa shape index (κ2) is 6.08. The van der Waals surface area contributed by atoms with Crippen molar-refractivity contribution in [3.8, 4) is 10.6 Å². The number of nitrogens with zero attached hydrogens (tertiary/aromatic N) is 1. The second-order valence-electron chi connectivity index (χ2n) is 4.34. The van der Waals surface area contributed by atoms with Crippen LogP contribution in [-0.2, 0) is 0 Å². The maximum Gasteiger partial charge on any atom is 0.275 e. The minimum Gasteiger partial charge on any atom is -0.319 e. The summed E-state index contributed by atoms with van der Waals surface area (Å²) in [5, 5.41) is 5.83. The zero-order chi connectivity index (χ0) is 14.7. The van der Waals surface area contributed by atoms with Gasteiger partial charge in [0.05, 0.1) is 10.7 Å². The van der Waals surface area contributed by atoms with Gasteiger partial charge in [0.2, 0.25) is 0 Å². The van der Waals surface area contributed by atoms with E-state index in [4.69, 9.17) is 11.6 Å². The van der Waals surface area contributed by atoms with E-state index in [0.29, 0.717) is 16.4 Å². The zero-order valence-electron chi connectivity index (χ0n) is 10.9. The summed E-state index contributed by atoms with van der Waals surface area (Å²) in [6.45, 7) is 0. The van der Waals surface area contributed by atoms with Gasteiger partial charge < -0.3 is 5.32 Å². The maximum atomic E-state index is 12.2. The fraction of sp³-hybridized carbons (Fsp3) is 0. The van der Waals surface area contributed by atoms with Crippen LogP contribution in [0.3, 0.4) is 0 Å². The minimum absolute atomic E-state index is 0.262. The van der Waals surface area contributed by atoms with Crippen molar-refractivity contribution in [1.82, 2.24) is 4.98 Å². The van der Waals surface area contributed by atoms with Crippen LogP contribution < -0.4 is 5.32 Å². The molecule has 5 heteroatoms. The molecule has 3 aromatic rings. The lowest BCUT2D eigenvalue weighted by Gasteiger charge is -2.04. The number of halogens is 1. The number of para-hydroxylation sites is 1. The Kier molecular flexibility index (Phi) is 3.99. The first-order valence-electron chi connectivity index (χ1n) is 6.31. The molecule has 0 bridgehead atoms. The van der Waals surface area contributed by atoms with Crippen LogP contribution in [0.15, 0.2) is 60.0 Å². The minimum atomic E-state index is -0.262. The Hall–Kier alpha value is -2.17. The van der Waals surface area contributed by atoms with Crippen molar-refractivity contribution in [2.45, 2.75) is 0 Å². The van der Waals surface area contributed by atoms with E-state index in [1.807, 2.05) is 42.5 Å². The summed E-state index contributed by atoms with van der Waals surface area (Å²) in [4.78, 5) is 16.6. The Balaban J connectivity index is 1.80. The van der Waals surface area contributed by atoms with E-state index < -0.39 is 0 Å². The molecular formula is C16H11ClN2OS. The van der Waals surface area contributed by atoms with Gasteiger partial charge in [0, 0.05) is 10.9 Å². The molecule has 2 aromatic carbocycles. The third kappa shape index (κ3) is 3.12. The molecule has 0 radical (unpaired) electrons. The van der Waals surface area contributed by atoms with Gasteiger partial charge in [-0.15, -0.1) is 11.3 Å². The van der Waals surface area contributed by atoms with Gasteiger partial charge in [-0.2, -0.15) is 0 Å². The van der Waals surface area contributed by atoms with Gasteiger partial charge in [-0.05, 0) is 12.1 Å². The highest BCUT2D eigenvalue weighted by molar-refractivity contribution is 7.13. The van der Waals surface area contributed by atoms with Crippen molar-refractivity contribution in [3.63, 3.8) is 0 Å². The average Bonchev–Trinajstić information content (AvgIpc) is 3.00. The standard InChI is InChI=1S/C16H11ClN2OS/c17-12-8-4-5-9-13(12)18-15(20)14-10-21-16(19-14)11-6-2-1-3-7-11/h1-10H,(H,18,20). The molecule has 3 nitrogen and oxygen atoms in total. The molecule has 1 aromatic heterocycles. The lowest BCUT2D eigenvalue weighted by atomic mass is 10.2. The molecule has 0 fully saturated rings. The number of benzene rings is 2. The first-order valence-corrected chi connectivity index (χ1v) is 7.56. The molecule has 3 rings (SSSR count). The molecule has 104 valence electrons. The molecule has 0 saturated carbocycles. The van der Waals surface area contributed by atoms with E-state index in [-0.39, 0.29) is 5.91 Å².